The first-order valence-corrected chi connectivity index (χ1v) is 5.19. The Morgan fingerprint density at radius 1 is 1.40 bits per heavy atom. The summed E-state index contributed by atoms with van der Waals surface area (Å²) in [6, 6.07) is 5.11. The standard InChI is InChI=1S/C11H12FN3/c12-9-3-1-2-8-10(14-15-11(8)9)7-4-5-13-6-7/h1-3,7,13H,4-6H2,(H,14,15). The van der Waals surface area contributed by atoms with Gasteiger partial charge in [-0.05, 0) is 19.0 Å². The predicted octanol–water partition coefficient (Wildman–Crippen LogP) is 1.78. The second-order valence-corrected chi connectivity index (χ2v) is 3.96. The van der Waals surface area contributed by atoms with Crippen molar-refractivity contribution >= 4 is 10.9 Å². The molecule has 1 fully saturated rings. The van der Waals surface area contributed by atoms with Gasteiger partial charge in [0.1, 0.15) is 5.52 Å². The molecule has 0 amide bonds. The summed E-state index contributed by atoms with van der Waals surface area (Å²) in [5, 5.41) is 11.2. The molecule has 0 bridgehead atoms. The average Bonchev–Trinajstić information content (AvgIpc) is 2.85. The van der Waals surface area contributed by atoms with Gasteiger partial charge >= 0.3 is 0 Å². The van der Waals surface area contributed by atoms with E-state index in [1.807, 2.05) is 6.07 Å². The van der Waals surface area contributed by atoms with Gasteiger partial charge in [0.2, 0.25) is 0 Å². The number of para-hydroxylation sites is 1. The Morgan fingerprint density at radius 2 is 2.33 bits per heavy atom. The first-order valence-electron chi connectivity index (χ1n) is 5.19. The van der Waals surface area contributed by atoms with E-state index in [0.717, 1.165) is 30.6 Å². The third-order valence-electron chi connectivity index (χ3n) is 3.03. The fourth-order valence-electron chi connectivity index (χ4n) is 2.23. The quantitative estimate of drug-likeness (QED) is 0.745. The van der Waals surface area contributed by atoms with Gasteiger partial charge < -0.3 is 5.32 Å². The van der Waals surface area contributed by atoms with Crippen molar-refractivity contribution in [2.75, 3.05) is 13.1 Å². The van der Waals surface area contributed by atoms with E-state index in [4.69, 9.17) is 0 Å². The Kier molecular flexibility index (Phi) is 1.95. The molecule has 0 aliphatic carbocycles. The molecule has 78 valence electrons. The number of halogens is 1. The number of H-pyrrole nitrogens is 1. The summed E-state index contributed by atoms with van der Waals surface area (Å²) in [5.41, 5.74) is 1.52. The number of rotatable bonds is 1. The molecule has 2 heterocycles. The van der Waals surface area contributed by atoms with Crippen LogP contribution in [0.25, 0.3) is 10.9 Å². The topological polar surface area (TPSA) is 40.7 Å². The number of benzene rings is 1. The second kappa shape index (κ2) is 3.31. The van der Waals surface area contributed by atoms with E-state index in [2.05, 4.69) is 15.5 Å². The maximum Gasteiger partial charge on any atom is 0.151 e. The zero-order valence-corrected chi connectivity index (χ0v) is 8.26. The van der Waals surface area contributed by atoms with Crippen LogP contribution in [0.15, 0.2) is 18.2 Å². The third kappa shape index (κ3) is 1.33. The van der Waals surface area contributed by atoms with Gasteiger partial charge in [-0.2, -0.15) is 5.10 Å². The Hall–Kier alpha value is -1.42. The molecule has 1 aliphatic rings. The van der Waals surface area contributed by atoms with E-state index in [-0.39, 0.29) is 5.82 Å². The summed E-state index contributed by atoms with van der Waals surface area (Å²) in [7, 11) is 0. The van der Waals surface area contributed by atoms with Gasteiger partial charge in [0.15, 0.2) is 5.82 Å². The van der Waals surface area contributed by atoms with E-state index in [1.54, 1.807) is 6.07 Å². The van der Waals surface area contributed by atoms with Crippen LogP contribution in [-0.2, 0) is 0 Å². The van der Waals surface area contributed by atoms with E-state index in [9.17, 15) is 4.39 Å². The molecule has 1 atom stereocenters. The van der Waals surface area contributed by atoms with Gasteiger partial charge in [-0.25, -0.2) is 4.39 Å². The van der Waals surface area contributed by atoms with Gasteiger partial charge in [0.25, 0.3) is 0 Å². The highest BCUT2D eigenvalue weighted by Gasteiger charge is 2.21. The molecule has 15 heavy (non-hydrogen) atoms. The SMILES string of the molecule is Fc1cccc2c(C3CCNC3)[nH]nc12. The highest BCUT2D eigenvalue weighted by molar-refractivity contribution is 5.82. The molecule has 1 aromatic heterocycles. The number of aromatic nitrogens is 2. The minimum atomic E-state index is -0.249. The average molecular weight is 205 g/mol. The van der Waals surface area contributed by atoms with Crippen molar-refractivity contribution in [3.8, 4) is 0 Å². The summed E-state index contributed by atoms with van der Waals surface area (Å²) in [6.07, 6.45) is 1.09. The second-order valence-electron chi connectivity index (χ2n) is 3.96. The summed E-state index contributed by atoms with van der Waals surface area (Å²) >= 11 is 0. The van der Waals surface area contributed by atoms with Crippen molar-refractivity contribution in [3.05, 3.63) is 29.7 Å². The van der Waals surface area contributed by atoms with Crippen LogP contribution in [0.3, 0.4) is 0 Å². The number of nitrogens with zero attached hydrogens (tertiary/aromatic N) is 1. The summed E-state index contributed by atoms with van der Waals surface area (Å²) in [4.78, 5) is 0. The fraction of sp³-hybridized carbons (Fsp3) is 0.364. The summed E-state index contributed by atoms with van der Waals surface area (Å²) in [5.74, 6) is 0.192. The Balaban J connectivity index is 2.15. The van der Waals surface area contributed by atoms with Gasteiger partial charge in [0, 0.05) is 23.5 Å². The maximum atomic E-state index is 13.4. The normalized spacial score (nSPS) is 21.3. The molecule has 0 spiro atoms. The van der Waals surface area contributed by atoms with Crippen molar-refractivity contribution in [3.63, 3.8) is 0 Å². The Morgan fingerprint density at radius 3 is 3.13 bits per heavy atom. The number of nitrogens with one attached hydrogen (secondary N) is 2. The lowest BCUT2D eigenvalue weighted by molar-refractivity contribution is 0.636. The van der Waals surface area contributed by atoms with Crippen LogP contribution in [0, 0.1) is 5.82 Å². The lowest BCUT2D eigenvalue weighted by Crippen LogP contribution is -2.08. The summed E-state index contributed by atoms with van der Waals surface area (Å²) < 4.78 is 13.4. The molecule has 1 aromatic carbocycles. The molecule has 3 rings (SSSR count). The van der Waals surface area contributed by atoms with Crippen LogP contribution in [0.4, 0.5) is 4.39 Å². The van der Waals surface area contributed by atoms with Crippen molar-refractivity contribution < 1.29 is 4.39 Å². The zero-order chi connectivity index (χ0) is 10.3. The lowest BCUT2D eigenvalue weighted by Gasteiger charge is -2.05. The minimum Gasteiger partial charge on any atom is -0.316 e. The number of aromatic amines is 1. The molecule has 0 radical (unpaired) electrons. The maximum absolute atomic E-state index is 13.4. The van der Waals surface area contributed by atoms with E-state index >= 15 is 0 Å². The minimum absolute atomic E-state index is 0.249. The molecule has 1 aliphatic heterocycles. The van der Waals surface area contributed by atoms with Gasteiger partial charge in [-0.1, -0.05) is 12.1 Å². The number of hydrogen-bond donors (Lipinski definition) is 2. The van der Waals surface area contributed by atoms with E-state index in [1.165, 1.54) is 6.07 Å². The highest BCUT2D eigenvalue weighted by atomic mass is 19.1. The Labute approximate surface area is 86.7 Å². The van der Waals surface area contributed by atoms with E-state index < -0.39 is 0 Å². The molecular formula is C11H12FN3. The van der Waals surface area contributed by atoms with Crippen LogP contribution >= 0.6 is 0 Å². The monoisotopic (exact) mass is 205 g/mol. The van der Waals surface area contributed by atoms with Gasteiger partial charge in [-0.3, -0.25) is 5.10 Å². The molecule has 2 aromatic rings. The van der Waals surface area contributed by atoms with Crippen LogP contribution in [0.2, 0.25) is 0 Å². The van der Waals surface area contributed by atoms with Crippen molar-refractivity contribution in [1.29, 1.82) is 0 Å². The largest absolute Gasteiger partial charge is 0.316 e. The number of fused-ring (bicyclic) bond motifs is 1. The first kappa shape index (κ1) is 8.85. The molecular weight excluding hydrogens is 193 g/mol. The molecule has 4 heteroatoms. The fourth-order valence-corrected chi connectivity index (χ4v) is 2.23. The van der Waals surface area contributed by atoms with Gasteiger partial charge in [-0.15, -0.1) is 0 Å². The molecule has 2 N–H and O–H groups in total. The molecule has 1 unspecified atom stereocenters. The first-order chi connectivity index (χ1) is 7.36. The van der Waals surface area contributed by atoms with Crippen molar-refractivity contribution in [1.82, 2.24) is 15.5 Å². The van der Waals surface area contributed by atoms with Crippen molar-refractivity contribution in [2.24, 2.45) is 0 Å². The number of hydrogen-bond acceptors (Lipinski definition) is 2. The van der Waals surface area contributed by atoms with Gasteiger partial charge in [0.05, 0.1) is 0 Å². The third-order valence-corrected chi connectivity index (χ3v) is 3.03. The van der Waals surface area contributed by atoms with Crippen molar-refractivity contribution in [2.45, 2.75) is 12.3 Å². The molecule has 1 saturated heterocycles. The highest BCUT2D eigenvalue weighted by Crippen LogP contribution is 2.28. The Bertz CT molecular complexity index is 486. The van der Waals surface area contributed by atoms with E-state index in [0.29, 0.717) is 11.4 Å². The van der Waals surface area contributed by atoms with Crippen LogP contribution in [0.1, 0.15) is 18.0 Å². The predicted molar refractivity (Wildman–Crippen MR) is 56.3 cm³/mol. The zero-order valence-electron chi connectivity index (χ0n) is 8.26. The smallest absolute Gasteiger partial charge is 0.151 e. The lowest BCUT2D eigenvalue weighted by atomic mass is 10.0. The summed E-state index contributed by atoms with van der Waals surface area (Å²) in [6.45, 7) is 1.98. The van der Waals surface area contributed by atoms with Crippen LogP contribution < -0.4 is 5.32 Å². The van der Waals surface area contributed by atoms with Crippen LogP contribution in [-0.4, -0.2) is 23.3 Å². The molecule has 0 saturated carbocycles. The van der Waals surface area contributed by atoms with Crippen LogP contribution in [0.5, 0.6) is 0 Å². The molecule has 3 nitrogen and oxygen atoms in total.